The normalized spacial score (nSPS) is 29.1. The van der Waals surface area contributed by atoms with Crippen molar-refractivity contribution >= 4 is 16.9 Å². The third-order valence-electron chi connectivity index (χ3n) is 1.42. The van der Waals surface area contributed by atoms with E-state index in [-0.39, 0.29) is 0 Å². The Hall–Kier alpha value is 0.0200. The molecule has 0 aliphatic carbocycles. The zero-order valence-electron chi connectivity index (χ0n) is 5.02. The van der Waals surface area contributed by atoms with Gasteiger partial charge in [0, 0.05) is 11.7 Å². The summed E-state index contributed by atoms with van der Waals surface area (Å²) in [4.78, 5) is 10.6. The van der Waals surface area contributed by atoms with E-state index in [1.54, 1.807) is 0 Å². The van der Waals surface area contributed by atoms with Crippen LogP contribution in [0.25, 0.3) is 0 Å². The van der Waals surface area contributed by atoms with Crippen molar-refractivity contribution in [1.82, 2.24) is 0 Å². The summed E-state index contributed by atoms with van der Waals surface area (Å²) < 4.78 is 0. The summed E-state index contributed by atoms with van der Waals surface area (Å²) in [6.07, 6.45) is 3.07. The molecule has 1 nitrogen and oxygen atoms in total. The monoisotopic (exact) mass is 130 g/mol. The first kappa shape index (κ1) is 6.14. The quantitative estimate of drug-likeness (QED) is 0.538. The topological polar surface area (TPSA) is 17.1 Å². The van der Waals surface area contributed by atoms with Gasteiger partial charge in [-0.1, -0.05) is 18.7 Å². The van der Waals surface area contributed by atoms with Crippen molar-refractivity contribution in [3.8, 4) is 0 Å². The molecule has 2 heteroatoms. The highest BCUT2D eigenvalue weighted by atomic mass is 32.2. The summed E-state index contributed by atoms with van der Waals surface area (Å²) in [6.45, 7) is 2.14. The largest absolute Gasteiger partial charge is 0.287 e. The van der Waals surface area contributed by atoms with Gasteiger partial charge in [-0.05, 0) is 12.8 Å². The first-order valence-electron chi connectivity index (χ1n) is 3.02. The van der Waals surface area contributed by atoms with E-state index in [2.05, 4.69) is 6.92 Å². The highest BCUT2D eigenvalue weighted by Crippen LogP contribution is 2.29. The molecule has 1 aliphatic heterocycles. The first-order chi connectivity index (χ1) is 3.83. The Morgan fingerprint density at radius 2 is 2.62 bits per heavy atom. The summed E-state index contributed by atoms with van der Waals surface area (Å²) in [7, 11) is 0. The average molecular weight is 130 g/mol. The van der Waals surface area contributed by atoms with Crippen LogP contribution in [-0.2, 0) is 4.79 Å². The van der Waals surface area contributed by atoms with E-state index in [1.807, 2.05) is 0 Å². The lowest BCUT2D eigenvalue weighted by Crippen LogP contribution is -1.90. The first-order valence-corrected chi connectivity index (χ1v) is 3.90. The molecule has 0 N–H and O–H groups in total. The fourth-order valence-corrected chi connectivity index (χ4v) is 1.88. The minimum absolute atomic E-state index is 0.386. The minimum Gasteiger partial charge on any atom is -0.287 e. The van der Waals surface area contributed by atoms with Crippen molar-refractivity contribution in [3.63, 3.8) is 0 Å². The van der Waals surface area contributed by atoms with Crippen LogP contribution in [0.4, 0.5) is 0 Å². The van der Waals surface area contributed by atoms with Gasteiger partial charge in [0.2, 0.25) is 0 Å². The van der Waals surface area contributed by atoms with Crippen LogP contribution >= 0.6 is 11.8 Å². The van der Waals surface area contributed by atoms with Gasteiger partial charge >= 0.3 is 0 Å². The van der Waals surface area contributed by atoms with E-state index in [4.69, 9.17) is 0 Å². The van der Waals surface area contributed by atoms with Crippen molar-refractivity contribution in [1.29, 1.82) is 0 Å². The molecule has 0 saturated carbocycles. The second-order valence-corrected chi connectivity index (χ2v) is 3.42. The van der Waals surface area contributed by atoms with Crippen LogP contribution in [0.15, 0.2) is 0 Å². The van der Waals surface area contributed by atoms with Crippen molar-refractivity contribution in [2.24, 2.45) is 0 Å². The van der Waals surface area contributed by atoms with Crippen LogP contribution in [0.2, 0.25) is 0 Å². The van der Waals surface area contributed by atoms with Gasteiger partial charge in [-0.15, -0.1) is 0 Å². The smallest absolute Gasteiger partial charge is 0.189 e. The molecule has 0 spiro atoms. The molecule has 1 fully saturated rings. The molecule has 0 aromatic rings. The molecule has 0 aromatic heterocycles. The number of carbonyl (C=O) groups is 1. The number of carbonyl (C=O) groups excluding carboxylic acids is 1. The highest BCUT2D eigenvalue weighted by Gasteiger charge is 2.20. The van der Waals surface area contributed by atoms with Crippen LogP contribution in [-0.4, -0.2) is 10.4 Å². The van der Waals surface area contributed by atoms with Gasteiger partial charge in [-0.3, -0.25) is 4.79 Å². The minimum atomic E-state index is 0.386. The second-order valence-electron chi connectivity index (χ2n) is 2.06. The molecule has 1 aliphatic rings. The van der Waals surface area contributed by atoms with Crippen LogP contribution in [0.3, 0.4) is 0 Å². The lowest BCUT2D eigenvalue weighted by Gasteiger charge is -1.97. The Morgan fingerprint density at radius 3 is 2.88 bits per heavy atom. The lowest BCUT2D eigenvalue weighted by molar-refractivity contribution is -0.110. The molecule has 1 heterocycles. The fraction of sp³-hybridized carbons (Fsp3) is 0.833. The number of hydrogen-bond acceptors (Lipinski definition) is 2. The van der Waals surface area contributed by atoms with Gasteiger partial charge in [0.1, 0.15) is 0 Å². The Morgan fingerprint density at radius 1 is 1.88 bits per heavy atom. The zero-order chi connectivity index (χ0) is 5.98. The molecule has 1 atom stereocenters. The predicted molar refractivity (Wildman–Crippen MR) is 35.9 cm³/mol. The Bertz CT molecular complexity index is 101. The maximum atomic E-state index is 10.6. The number of rotatable bonds is 1. The molecule has 0 amide bonds. The van der Waals surface area contributed by atoms with Gasteiger partial charge in [0.15, 0.2) is 5.12 Å². The third kappa shape index (κ3) is 1.25. The van der Waals surface area contributed by atoms with Crippen LogP contribution < -0.4 is 0 Å². The maximum absolute atomic E-state index is 10.6. The standard InChI is InChI=1S/C6H10OS/c1-2-5-3-4-6(7)8-5/h5H,2-4H2,1H3. The van der Waals surface area contributed by atoms with Crippen LogP contribution in [0.5, 0.6) is 0 Å². The van der Waals surface area contributed by atoms with Gasteiger partial charge in [0.25, 0.3) is 0 Å². The molecule has 1 unspecified atom stereocenters. The second kappa shape index (κ2) is 2.53. The zero-order valence-corrected chi connectivity index (χ0v) is 5.83. The molecule has 0 radical (unpaired) electrons. The molecule has 8 heavy (non-hydrogen) atoms. The van der Waals surface area contributed by atoms with Gasteiger partial charge in [-0.25, -0.2) is 0 Å². The van der Waals surface area contributed by atoms with E-state index >= 15 is 0 Å². The summed E-state index contributed by atoms with van der Waals surface area (Å²) >= 11 is 1.53. The van der Waals surface area contributed by atoms with Crippen molar-refractivity contribution < 1.29 is 4.79 Å². The fourth-order valence-electron chi connectivity index (χ4n) is 0.870. The Labute approximate surface area is 53.8 Å². The predicted octanol–water partition coefficient (Wildman–Crippen LogP) is 1.82. The lowest BCUT2D eigenvalue weighted by atomic mass is 10.2. The molecule has 1 saturated heterocycles. The summed E-state index contributed by atoms with van der Waals surface area (Å²) in [5, 5.41) is 1.03. The van der Waals surface area contributed by atoms with E-state index in [9.17, 15) is 4.79 Å². The van der Waals surface area contributed by atoms with Gasteiger partial charge < -0.3 is 0 Å². The van der Waals surface area contributed by atoms with Crippen molar-refractivity contribution in [2.75, 3.05) is 0 Å². The van der Waals surface area contributed by atoms with Crippen LogP contribution in [0.1, 0.15) is 26.2 Å². The van der Waals surface area contributed by atoms with Gasteiger partial charge in [0.05, 0.1) is 0 Å². The third-order valence-corrected chi connectivity index (χ3v) is 2.79. The Kier molecular flexibility index (Phi) is 1.95. The molecular formula is C6H10OS. The highest BCUT2D eigenvalue weighted by molar-refractivity contribution is 8.14. The molecule has 0 bridgehead atoms. The van der Waals surface area contributed by atoms with Crippen molar-refractivity contribution in [2.45, 2.75) is 31.4 Å². The average Bonchev–Trinajstić information content (AvgIpc) is 2.14. The molecule has 46 valence electrons. The molecular weight excluding hydrogens is 120 g/mol. The maximum Gasteiger partial charge on any atom is 0.189 e. The summed E-state index contributed by atoms with van der Waals surface area (Å²) in [5.74, 6) is 0. The van der Waals surface area contributed by atoms with E-state index in [0.717, 1.165) is 19.3 Å². The summed E-state index contributed by atoms with van der Waals surface area (Å²) in [5.41, 5.74) is 0. The molecule has 0 aromatic carbocycles. The molecule has 1 rings (SSSR count). The van der Waals surface area contributed by atoms with E-state index in [1.165, 1.54) is 11.8 Å². The van der Waals surface area contributed by atoms with Gasteiger partial charge in [-0.2, -0.15) is 0 Å². The summed E-state index contributed by atoms with van der Waals surface area (Å²) in [6, 6.07) is 0. The number of hydrogen-bond donors (Lipinski definition) is 0. The van der Waals surface area contributed by atoms with Crippen LogP contribution in [0, 0.1) is 0 Å². The van der Waals surface area contributed by atoms with E-state index in [0.29, 0.717) is 10.4 Å². The number of thioether (sulfide) groups is 1. The van der Waals surface area contributed by atoms with E-state index < -0.39 is 0 Å². The SMILES string of the molecule is CCC1CCC(=O)S1. The Balaban J connectivity index is 2.32. The van der Waals surface area contributed by atoms with Crippen molar-refractivity contribution in [3.05, 3.63) is 0 Å².